The normalized spacial score (nSPS) is 11.6. The maximum absolute atomic E-state index is 12.5. The molecule has 0 aliphatic heterocycles. The summed E-state index contributed by atoms with van der Waals surface area (Å²) in [4.78, 5) is 12.5. The van der Waals surface area contributed by atoms with Crippen LogP contribution in [0.1, 0.15) is 30.5 Å². The van der Waals surface area contributed by atoms with Gasteiger partial charge < -0.3 is 15.4 Å². The van der Waals surface area contributed by atoms with Crippen molar-refractivity contribution in [1.29, 1.82) is 0 Å². The van der Waals surface area contributed by atoms with E-state index in [2.05, 4.69) is 29.7 Å². The van der Waals surface area contributed by atoms with Crippen LogP contribution in [0.25, 0.3) is 0 Å². The van der Waals surface area contributed by atoms with E-state index in [1.165, 1.54) is 5.56 Å². The van der Waals surface area contributed by atoms with E-state index in [0.717, 1.165) is 12.0 Å². The number of carbonyl (C=O) groups is 1. The number of para-hydroxylation sites is 2. The highest BCUT2D eigenvalue weighted by Gasteiger charge is 2.12. The minimum Gasteiger partial charge on any atom is -0.487 e. The Bertz CT molecular complexity index is 866. The smallest absolute Gasteiger partial charge is 0.238 e. The van der Waals surface area contributed by atoms with Crippen molar-refractivity contribution in [3.05, 3.63) is 96.1 Å². The van der Waals surface area contributed by atoms with Gasteiger partial charge in [0.25, 0.3) is 0 Å². The molecule has 1 amide bonds. The number of amides is 1. The van der Waals surface area contributed by atoms with Crippen molar-refractivity contribution in [2.75, 3.05) is 11.9 Å². The third-order valence-corrected chi connectivity index (χ3v) is 4.52. The molecule has 4 nitrogen and oxygen atoms in total. The van der Waals surface area contributed by atoms with Gasteiger partial charge in [-0.15, -0.1) is 0 Å². The Morgan fingerprint density at radius 1 is 0.893 bits per heavy atom. The fourth-order valence-electron chi connectivity index (χ4n) is 3.02. The molecule has 0 radical (unpaired) electrons. The Balaban J connectivity index is 1.56. The van der Waals surface area contributed by atoms with Crippen LogP contribution in [0, 0.1) is 0 Å². The summed E-state index contributed by atoms with van der Waals surface area (Å²) < 4.78 is 5.91. The highest BCUT2D eigenvalue weighted by Crippen LogP contribution is 2.24. The number of ether oxygens (including phenoxy) is 1. The molecule has 144 valence electrons. The van der Waals surface area contributed by atoms with E-state index >= 15 is 0 Å². The van der Waals surface area contributed by atoms with Gasteiger partial charge in [0.2, 0.25) is 5.91 Å². The number of benzene rings is 3. The topological polar surface area (TPSA) is 50.4 Å². The SMILES string of the molecule is CCC(NCC(=O)Nc1ccccc1OCc1ccccc1)c1ccccc1. The first-order valence-corrected chi connectivity index (χ1v) is 9.60. The number of anilines is 1. The summed E-state index contributed by atoms with van der Waals surface area (Å²) in [6.07, 6.45) is 0.911. The van der Waals surface area contributed by atoms with E-state index in [1.54, 1.807) is 0 Å². The van der Waals surface area contributed by atoms with Crippen LogP contribution < -0.4 is 15.4 Å². The van der Waals surface area contributed by atoms with Crippen LogP contribution in [0.4, 0.5) is 5.69 Å². The molecule has 0 fully saturated rings. The molecule has 3 aromatic rings. The van der Waals surface area contributed by atoms with Gasteiger partial charge in [-0.1, -0.05) is 79.7 Å². The monoisotopic (exact) mass is 374 g/mol. The zero-order chi connectivity index (χ0) is 19.6. The van der Waals surface area contributed by atoms with Crippen LogP contribution in [0.5, 0.6) is 5.75 Å². The lowest BCUT2D eigenvalue weighted by Gasteiger charge is -2.18. The summed E-state index contributed by atoms with van der Waals surface area (Å²) in [7, 11) is 0. The lowest BCUT2D eigenvalue weighted by molar-refractivity contribution is -0.115. The number of nitrogens with one attached hydrogen (secondary N) is 2. The van der Waals surface area contributed by atoms with Gasteiger partial charge >= 0.3 is 0 Å². The van der Waals surface area contributed by atoms with Crippen LogP contribution in [0.15, 0.2) is 84.9 Å². The molecule has 0 bridgehead atoms. The zero-order valence-electron chi connectivity index (χ0n) is 16.1. The van der Waals surface area contributed by atoms with Crippen LogP contribution >= 0.6 is 0 Å². The number of carbonyl (C=O) groups excluding carboxylic acids is 1. The average Bonchev–Trinajstić information content (AvgIpc) is 2.75. The van der Waals surface area contributed by atoms with Gasteiger partial charge in [0.1, 0.15) is 12.4 Å². The van der Waals surface area contributed by atoms with Crippen molar-refractivity contribution in [2.24, 2.45) is 0 Å². The molecule has 0 aromatic heterocycles. The van der Waals surface area contributed by atoms with Gasteiger partial charge in [0.15, 0.2) is 0 Å². The van der Waals surface area contributed by atoms with Crippen LogP contribution in [0.3, 0.4) is 0 Å². The summed E-state index contributed by atoms with van der Waals surface area (Å²) in [5, 5.41) is 6.28. The molecule has 4 heteroatoms. The van der Waals surface area contributed by atoms with E-state index in [0.29, 0.717) is 18.0 Å². The van der Waals surface area contributed by atoms with Crippen molar-refractivity contribution in [3.63, 3.8) is 0 Å². The molecule has 0 spiro atoms. The van der Waals surface area contributed by atoms with E-state index < -0.39 is 0 Å². The lowest BCUT2D eigenvalue weighted by Crippen LogP contribution is -2.31. The fourth-order valence-corrected chi connectivity index (χ4v) is 3.02. The highest BCUT2D eigenvalue weighted by atomic mass is 16.5. The molecule has 0 heterocycles. The second kappa shape index (κ2) is 10.3. The quantitative estimate of drug-likeness (QED) is 0.557. The molecule has 0 saturated carbocycles. The lowest BCUT2D eigenvalue weighted by atomic mass is 10.0. The summed E-state index contributed by atoms with van der Waals surface area (Å²) in [6, 6.07) is 27.8. The van der Waals surface area contributed by atoms with E-state index in [-0.39, 0.29) is 18.5 Å². The van der Waals surface area contributed by atoms with Gasteiger partial charge in [-0.25, -0.2) is 0 Å². The van der Waals surface area contributed by atoms with Gasteiger partial charge in [-0.2, -0.15) is 0 Å². The van der Waals surface area contributed by atoms with Crippen molar-refractivity contribution in [2.45, 2.75) is 26.0 Å². The molecule has 1 atom stereocenters. The Kier molecular flexibility index (Phi) is 7.21. The minimum absolute atomic E-state index is 0.0925. The fraction of sp³-hybridized carbons (Fsp3) is 0.208. The van der Waals surface area contributed by atoms with Crippen molar-refractivity contribution in [3.8, 4) is 5.75 Å². The predicted octanol–water partition coefficient (Wildman–Crippen LogP) is 4.95. The van der Waals surface area contributed by atoms with Crippen LogP contribution in [-0.2, 0) is 11.4 Å². The molecule has 0 aliphatic carbocycles. The Morgan fingerprint density at radius 2 is 1.54 bits per heavy atom. The predicted molar refractivity (Wildman–Crippen MR) is 113 cm³/mol. The maximum atomic E-state index is 12.5. The maximum Gasteiger partial charge on any atom is 0.238 e. The van der Waals surface area contributed by atoms with Crippen LogP contribution in [0.2, 0.25) is 0 Å². The molecule has 0 aliphatic rings. The second-order valence-electron chi connectivity index (χ2n) is 6.57. The largest absolute Gasteiger partial charge is 0.487 e. The summed E-state index contributed by atoms with van der Waals surface area (Å²) >= 11 is 0. The standard InChI is InChI=1S/C24H26N2O2/c1-2-21(20-13-7-4-8-14-20)25-17-24(27)26-22-15-9-10-16-23(22)28-18-19-11-5-3-6-12-19/h3-16,21,25H,2,17-18H2,1H3,(H,26,27). The summed E-state index contributed by atoms with van der Waals surface area (Å²) in [6.45, 7) is 2.80. The van der Waals surface area contributed by atoms with Gasteiger partial charge in [-0.3, -0.25) is 4.79 Å². The Labute approximate surface area is 166 Å². The van der Waals surface area contributed by atoms with Crippen molar-refractivity contribution >= 4 is 11.6 Å². The van der Waals surface area contributed by atoms with Crippen molar-refractivity contribution < 1.29 is 9.53 Å². The molecule has 3 aromatic carbocycles. The molecule has 28 heavy (non-hydrogen) atoms. The number of hydrogen-bond donors (Lipinski definition) is 2. The first-order chi connectivity index (χ1) is 13.8. The van der Waals surface area contributed by atoms with Crippen LogP contribution in [-0.4, -0.2) is 12.5 Å². The average molecular weight is 374 g/mol. The first-order valence-electron chi connectivity index (χ1n) is 9.60. The Hall–Kier alpha value is -3.11. The van der Waals surface area contributed by atoms with E-state index in [4.69, 9.17) is 4.74 Å². The molecule has 3 rings (SSSR count). The van der Waals surface area contributed by atoms with Gasteiger partial charge in [0.05, 0.1) is 12.2 Å². The number of rotatable bonds is 9. The third kappa shape index (κ3) is 5.69. The molecular weight excluding hydrogens is 348 g/mol. The number of hydrogen-bond acceptors (Lipinski definition) is 3. The second-order valence-corrected chi connectivity index (χ2v) is 6.57. The van der Waals surface area contributed by atoms with Gasteiger partial charge in [-0.05, 0) is 29.7 Å². The molecule has 1 unspecified atom stereocenters. The molecule has 2 N–H and O–H groups in total. The van der Waals surface area contributed by atoms with Crippen molar-refractivity contribution in [1.82, 2.24) is 5.32 Å². The van der Waals surface area contributed by atoms with Gasteiger partial charge in [0, 0.05) is 6.04 Å². The highest BCUT2D eigenvalue weighted by molar-refractivity contribution is 5.93. The molecular formula is C24H26N2O2. The molecule has 0 saturated heterocycles. The summed E-state index contributed by atoms with van der Waals surface area (Å²) in [5.41, 5.74) is 2.95. The summed E-state index contributed by atoms with van der Waals surface area (Å²) in [5.74, 6) is 0.569. The zero-order valence-corrected chi connectivity index (χ0v) is 16.1. The van der Waals surface area contributed by atoms with E-state index in [1.807, 2.05) is 72.8 Å². The Morgan fingerprint density at radius 3 is 2.25 bits per heavy atom. The third-order valence-electron chi connectivity index (χ3n) is 4.52. The van der Waals surface area contributed by atoms with E-state index in [9.17, 15) is 4.79 Å². The minimum atomic E-state index is -0.0925. The first kappa shape index (κ1) is 19.6.